The van der Waals surface area contributed by atoms with Gasteiger partial charge in [-0.3, -0.25) is 4.98 Å². The molecular formula is C10H13NO2. The summed E-state index contributed by atoms with van der Waals surface area (Å²) in [5.41, 5.74) is 2.74. The topological polar surface area (TPSA) is 39.2 Å². The Balaban J connectivity index is 3.18. The van der Waals surface area contributed by atoms with E-state index < -0.39 is 0 Å². The summed E-state index contributed by atoms with van der Waals surface area (Å²) >= 11 is 0. The third kappa shape index (κ3) is 1.86. The summed E-state index contributed by atoms with van der Waals surface area (Å²) < 4.78 is 5.21. The molecule has 0 saturated carbocycles. The number of nitrogens with zero attached hydrogens (tertiary/aromatic N) is 1. The van der Waals surface area contributed by atoms with Gasteiger partial charge < -0.3 is 9.53 Å². The lowest BCUT2D eigenvalue weighted by molar-refractivity contribution is -0.107. The number of rotatable bonds is 3. The maximum atomic E-state index is 10.3. The second kappa shape index (κ2) is 4.03. The number of hydrogen-bond acceptors (Lipinski definition) is 3. The van der Waals surface area contributed by atoms with E-state index >= 15 is 0 Å². The lowest BCUT2D eigenvalue weighted by Crippen LogP contribution is -2.00. The van der Waals surface area contributed by atoms with Crippen LogP contribution in [-0.2, 0) is 11.2 Å². The van der Waals surface area contributed by atoms with E-state index in [0.717, 1.165) is 28.9 Å². The quantitative estimate of drug-likeness (QED) is 0.659. The second-order valence-corrected chi connectivity index (χ2v) is 2.92. The molecule has 13 heavy (non-hydrogen) atoms. The van der Waals surface area contributed by atoms with Crippen molar-refractivity contribution in [2.75, 3.05) is 7.11 Å². The molecule has 0 spiro atoms. The van der Waals surface area contributed by atoms with Crippen LogP contribution >= 0.6 is 0 Å². The van der Waals surface area contributed by atoms with Gasteiger partial charge >= 0.3 is 0 Å². The molecule has 1 heterocycles. The Morgan fingerprint density at radius 1 is 1.54 bits per heavy atom. The predicted molar refractivity (Wildman–Crippen MR) is 50.0 cm³/mol. The highest BCUT2D eigenvalue weighted by Crippen LogP contribution is 2.23. The van der Waals surface area contributed by atoms with Gasteiger partial charge in [0, 0.05) is 23.7 Å². The van der Waals surface area contributed by atoms with Gasteiger partial charge in [0.1, 0.15) is 12.0 Å². The minimum Gasteiger partial charge on any atom is -0.496 e. The van der Waals surface area contributed by atoms with Crippen molar-refractivity contribution in [3.8, 4) is 5.75 Å². The number of aryl methyl sites for hydroxylation is 1. The number of ether oxygens (including phenoxy) is 1. The number of methoxy groups -OCH3 is 1. The highest BCUT2D eigenvalue weighted by atomic mass is 16.5. The van der Waals surface area contributed by atoms with Crippen molar-refractivity contribution in [1.29, 1.82) is 0 Å². The molecule has 70 valence electrons. The van der Waals surface area contributed by atoms with Crippen LogP contribution in [0.15, 0.2) is 6.20 Å². The normalized spacial score (nSPS) is 9.77. The third-order valence-electron chi connectivity index (χ3n) is 2.03. The molecule has 0 saturated heterocycles. The maximum Gasteiger partial charge on any atom is 0.128 e. The molecule has 3 heteroatoms. The summed E-state index contributed by atoms with van der Waals surface area (Å²) in [6, 6.07) is 0. The van der Waals surface area contributed by atoms with Crippen molar-refractivity contribution in [1.82, 2.24) is 4.98 Å². The second-order valence-electron chi connectivity index (χ2n) is 2.92. The van der Waals surface area contributed by atoms with Gasteiger partial charge in [-0.15, -0.1) is 0 Å². The lowest BCUT2D eigenvalue weighted by Gasteiger charge is -2.10. The zero-order chi connectivity index (χ0) is 9.84. The van der Waals surface area contributed by atoms with Crippen LogP contribution in [0.5, 0.6) is 5.75 Å². The van der Waals surface area contributed by atoms with Crippen LogP contribution in [0.3, 0.4) is 0 Å². The Bertz CT molecular complexity index is 321. The van der Waals surface area contributed by atoms with Gasteiger partial charge in [-0.1, -0.05) is 0 Å². The van der Waals surface area contributed by atoms with Crippen molar-refractivity contribution in [2.24, 2.45) is 0 Å². The summed E-state index contributed by atoms with van der Waals surface area (Å²) in [6.45, 7) is 3.85. The van der Waals surface area contributed by atoms with Crippen LogP contribution in [0.25, 0.3) is 0 Å². The van der Waals surface area contributed by atoms with Gasteiger partial charge in [0.05, 0.1) is 12.8 Å². The van der Waals surface area contributed by atoms with Gasteiger partial charge in [-0.05, 0) is 13.8 Å². The molecule has 3 nitrogen and oxygen atoms in total. The Morgan fingerprint density at radius 2 is 2.23 bits per heavy atom. The fourth-order valence-corrected chi connectivity index (χ4v) is 1.36. The summed E-state index contributed by atoms with van der Waals surface area (Å²) in [4.78, 5) is 14.5. The van der Waals surface area contributed by atoms with Gasteiger partial charge in [-0.25, -0.2) is 0 Å². The zero-order valence-corrected chi connectivity index (χ0v) is 8.13. The molecular weight excluding hydrogens is 166 g/mol. The average molecular weight is 179 g/mol. The van der Waals surface area contributed by atoms with Crippen molar-refractivity contribution in [2.45, 2.75) is 20.3 Å². The molecule has 0 unspecified atom stereocenters. The van der Waals surface area contributed by atoms with Crippen LogP contribution in [0.4, 0.5) is 0 Å². The number of aldehydes is 1. The molecule has 0 aliphatic rings. The summed E-state index contributed by atoms with van der Waals surface area (Å²) in [7, 11) is 1.63. The van der Waals surface area contributed by atoms with Crippen LogP contribution in [0, 0.1) is 13.8 Å². The molecule has 0 amide bonds. The van der Waals surface area contributed by atoms with Gasteiger partial charge in [-0.2, -0.15) is 0 Å². The molecule has 0 fully saturated rings. The maximum absolute atomic E-state index is 10.3. The zero-order valence-electron chi connectivity index (χ0n) is 8.13. The van der Waals surface area contributed by atoms with Crippen molar-refractivity contribution in [3.05, 3.63) is 23.0 Å². The van der Waals surface area contributed by atoms with E-state index in [1.807, 2.05) is 13.8 Å². The highest BCUT2D eigenvalue weighted by molar-refractivity contribution is 5.56. The molecule has 0 aromatic carbocycles. The average Bonchev–Trinajstić information content (AvgIpc) is 2.11. The van der Waals surface area contributed by atoms with E-state index in [1.54, 1.807) is 13.3 Å². The standard InChI is InChI=1S/C10H13NO2/c1-7-6-11-9(4-5-12)8(2)10(7)13-3/h5-6H,4H2,1-3H3. The number of hydrogen-bond donors (Lipinski definition) is 0. The number of aromatic nitrogens is 1. The molecule has 0 N–H and O–H groups in total. The van der Waals surface area contributed by atoms with E-state index in [0.29, 0.717) is 6.42 Å². The molecule has 1 aromatic rings. The molecule has 0 radical (unpaired) electrons. The molecule has 0 bridgehead atoms. The fourth-order valence-electron chi connectivity index (χ4n) is 1.36. The summed E-state index contributed by atoms with van der Waals surface area (Å²) in [5, 5.41) is 0. The highest BCUT2D eigenvalue weighted by Gasteiger charge is 2.08. The smallest absolute Gasteiger partial charge is 0.128 e. The van der Waals surface area contributed by atoms with Crippen LogP contribution in [-0.4, -0.2) is 18.4 Å². The van der Waals surface area contributed by atoms with Crippen LogP contribution in [0.1, 0.15) is 16.8 Å². The van der Waals surface area contributed by atoms with E-state index in [-0.39, 0.29) is 0 Å². The van der Waals surface area contributed by atoms with E-state index in [1.165, 1.54) is 0 Å². The Morgan fingerprint density at radius 3 is 2.77 bits per heavy atom. The number of pyridine rings is 1. The van der Waals surface area contributed by atoms with Crippen LogP contribution < -0.4 is 4.74 Å². The Labute approximate surface area is 77.8 Å². The summed E-state index contributed by atoms with van der Waals surface area (Å²) in [6.07, 6.45) is 2.93. The SMILES string of the molecule is COc1c(C)cnc(CC=O)c1C. The third-order valence-corrected chi connectivity index (χ3v) is 2.03. The molecule has 0 atom stereocenters. The van der Waals surface area contributed by atoms with Gasteiger partial charge in [0.15, 0.2) is 0 Å². The first-order valence-electron chi connectivity index (χ1n) is 4.13. The number of carbonyl (C=O) groups excluding carboxylic acids is 1. The molecule has 1 aromatic heterocycles. The Kier molecular flexibility index (Phi) is 3.01. The van der Waals surface area contributed by atoms with Gasteiger partial charge in [0.2, 0.25) is 0 Å². The van der Waals surface area contributed by atoms with E-state index in [4.69, 9.17) is 4.74 Å². The first-order chi connectivity index (χ1) is 6.20. The largest absolute Gasteiger partial charge is 0.496 e. The number of carbonyl (C=O) groups is 1. The first kappa shape index (κ1) is 9.71. The van der Waals surface area contributed by atoms with Crippen LogP contribution in [0.2, 0.25) is 0 Å². The first-order valence-corrected chi connectivity index (χ1v) is 4.13. The van der Waals surface area contributed by atoms with E-state index in [9.17, 15) is 4.79 Å². The fraction of sp³-hybridized carbons (Fsp3) is 0.400. The summed E-state index contributed by atoms with van der Waals surface area (Å²) in [5.74, 6) is 0.826. The molecule has 1 rings (SSSR count). The minimum atomic E-state index is 0.350. The van der Waals surface area contributed by atoms with Crippen molar-refractivity contribution >= 4 is 6.29 Å². The van der Waals surface area contributed by atoms with Crippen molar-refractivity contribution in [3.63, 3.8) is 0 Å². The predicted octanol–water partition coefficient (Wildman–Crippen LogP) is 1.45. The van der Waals surface area contributed by atoms with Crippen molar-refractivity contribution < 1.29 is 9.53 Å². The van der Waals surface area contributed by atoms with E-state index in [2.05, 4.69) is 4.98 Å². The molecule has 0 aliphatic heterocycles. The lowest BCUT2D eigenvalue weighted by atomic mass is 10.1. The minimum absolute atomic E-state index is 0.350. The Hall–Kier alpha value is -1.38. The van der Waals surface area contributed by atoms with Gasteiger partial charge in [0.25, 0.3) is 0 Å². The monoisotopic (exact) mass is 179 g/mol. The molecule has 0 aliphatic carbocycles.